The lowest BCUT2D eigenvalue weighted by atomic mass is 10.0. The number of aliphatic carboxylic acids is 1. The Hall–Kier alpha value is -2.96. The third-order valence-corrected chi connectivity index (χ3v) is 3.43. The maximum atomic E-state index is 13.2. The summed E-state index contributed by atoms with van der Waals surface area (Å²) < 4.78 is 32.7. The number of benzene rings is 1. The van der Waals surface area contributed by atoms with Gasteiger partial charge in [-0.2, -0.15) is 13.9 Å². The van der Waals surface area contributed by atoms with Crippen LogP contribution in [0.5, 0.6) is 5.75 Å². The molecule has 0 fully saturated rings. The molecule has 3 aromatic rings. The zero-order valence-corrected chi connectivity index (χ0v) is 12.7. The monoisotopic (exact) mass is 332 g/mol. The van der Waals surface area contributed by atoms with Crippen molar-refractivity contribution in [2.75, 3.05) is 0 Å². The molecule has 2 aromatic heterocycles. The highest BCUT2D eigenvalue weighted by Crippen LogP contribution is 2.33. The quantitative estimate of drug-likeness (QED) is 0.775. The molecule has 0 saturated carbocycles. The molecular formula is C17H14F2N2O3. The van der Waals surface area contributed by atoms with Gasteiger partial charge in [0.1, 0.15) is 5.75 Å². The summed E-state index contributed by atoms with van der Waals surface area (Å²) in [6, 6.07) is 9.87. The molecule has 1 aromatic carbocycles. The summed E-state index contributed by atoms with van der Waals surface area (Å²) in [6.07, 6.45) is -0.337. The van der Waals surface area contributed by atoms with Gasteiger partial charge < -0.3 is 9.84 Å². The number of fused-ring (bicyclic) bond motifs is 1. The van der Waals surface area contributed by atoms with Crippen molar-refractivity contribution in [3.05, 3.63) is 54.4 Å². The second-order valence-corrected chi connectivity index (χ2v) is 5.39. The number of nitrogens with zero attached hydrogens (tertiary/aromatic N) is 2. The Bertz CT molecular complexity index is 900. The lowest BCUT2D eigenvalue weighted by Gasteiger charge is -2.16. The van der Waals surface area contributed by atoms with Gasteiger partial charge in [-0.15, -0.1) is 0 Å². The molecule has 5 nitrogen and oxygen atoms in total. The summed E-state index contributed by atoms with van der Waals surface area (Å²) in [5.74, 6) is -0.918. The topological polar surface area (TPSA) is 63.8 Å². The molecule has 0 aliphatic carbocycles. The van der Waals surface area contributed by atoms with E-state index in [9.17, 15) is 13.6 Å². The molecule has 0 aliphatic heterocycles. The van der Waals surface area contributed by atoms with Crippen molar-refractivity contribution < 1.29 is 23.4 Å². The van der Waals surface area contributed by atoms with Gasteiger partial charge in [0.05, 0.1) is 18.1 Å². The maximum absolute atomic E-state index is 13.2. The van der Waals surface area contributed by atoms with Gasteiger partial charge in [0.25, 0.3) is 0 Å². The zero-order chi connectivity index (χ0) is 17.3. The van der Waals surface area contributed by atoms with E-state index in [1.807, 2.05) is 0 Å². The van der Waals surface area contributed by atoms with Gasteiger partial charge in [-0.1, -0.05) is 18.2 Å². The highest BCUT2D eigenvalue weighted by atomic mass is 19.3. The number of carboxylic acid groups (broad SMARTS) is 1. The molecule has 1 N–H and O–H groups in total. The average molecular weight is 332 g/mol. The third kappa shape index (κ3) is 3.34. The molecule has 0 bridgehead atoms. The second kappa shape index (κ2) is 5.92. The van der Waals surface area contributed by atoms with Crippen LogP contribution in [0.3, 0.4) is 0 Å². The number of alkyl halides is 2. The minimum Gasteiger partial charge on any atom is -0.481 e. The fourth-order valence-electron chi connectivity index (χ4n) is 2.49. The molecule has 0 aliphatic rings. The molecule has 2 heterocycles. The molecule has 0 saturated heterocycles. The highest BCUT2D eigenvalue weighted by Gasteiger charge is 2.24. The van der Waals surface area contributed by atoms with Gasteiger partial charge >= 0.3 is 12.1 Å². The second-order valence-electron chi connectivity index (χ2n) is 5.39. The van der Waals surface area contributed by atoms with Crippen molar-refractivity contribution in [2.24, 2.45) is 0 Å². The Labute approximate surface area is 136 Å². The molecular weight excluding hydrogens is 318 g/mol. The van der Waals surface area contributed by atoms with Crippen LogP contribution < -0.4 is 4.74 Å². The number of halogens is 2. The van der Waals surface area contributed by atoms with Crippen LogP contribution in [0.2, 0.25) is 0 Å². The molecule has 3 rings (SSSR count). The van der Waals surface area contributed by atoms with E-state index in [2.05, 4.69) is 5.10 Å². The Morgan fingerprint density at radius 1 is 1.33 bits per heavy atom. The molecule has 7 heteroatoms. The van der Waals surface area contributed by atoms with Crippen LogP contribution in [0.25, 0.3) is 16.6 Å². The summed E-state index contributed by atoms with van der Waals surface area (Å²) in [6.45, 7) is 0.676. The van der Waals surface area contributed by atoms with E-state index in [1.165, 1.54) is 12.3 Å². The molecule has 0 spiro atoms. The summed E-state index contributed by atoms with van der Waals surface area (Å²) in [5.41, 5.74) is 2.27. The van der Waals surface area contributed by atoms with Crippen molar-refractivity contribution in [3.63, 3.8) is 0 Å². The van der Waals surface area contributed by atoms with Crippen LogP contribution in [0, 0.1) is 0 Å². The molecule has 124 valence electrons. The van der Waals surface area contributed by atoms with E-state index >= 15 is 0 Å². The number of carbonyl (C=O) groups is 1. The minimum absolute atomic E-state index is 0.0497. The number of carboxylic acids is 1. The number of para-hydroxylation sites is 1. The first-order valence-corrected chi connectivity index (χ1v) is 7.18. The molecule has 24 heavy (non-hydrogen) atoms. The lowest BCUT2D eigenvalue weighted by molar-refractivity contribution is -0.158. The summed E-state index contributed by atoms with van der Waals surface area (Å²) in [5, 5.41) is 13.1. The number of aromatic nitrogens is 2. The number of ether oxygens (including phenoxy) is 1. The van der Waals surface area contributed by atoms with Gasteiger partial charge in [-0.3, -0.25) is 4.79 Å². The minimum atomic E-state index is -3.30. The molecule has 0 amide bonds. The first kappa shape index (κ1) is 15.9. The van der Waals surface area contributed by atoms with E-state index in [-0.39, 0.29) is 12.2 Å². The number of hydrogen-bond acceptors (Lipinski definition) is 3. The number of pyridine rings is 1. The van der Waals surface area contributed by atoms with Crippen molar-refractivity contribution in [1.29, 1.82) is 0 Å². The van der Waals surface area contributed by atoms with Crippen LogP contribution in [0.1, 0.15) is 12.5 Å². The van der Waals surface area contributed by atoms with Gasteiger partial charge in [-0.05, 0) is 23.8 Å². The Morgan fingerprint density at radius 2 is 2.08 bits per heavy atom. The zero-order valence-electron chi connectivity index (χ0n) is 12.7. The summed E-state index contributed by atoms with van der Waals surface area (Å²) >= 11 is 0. The van der Waals surface area contributed by atoms with Gasteiger partial charge in [0.2, 0.25) is 0 Å². The van der Waals surface area contributed by atoms with Crippen molar-refractivity contribution >= 4 is 11.5 Å². The normalized spacial score (nSPS) is 11.6. The predicted molar refractivity (Wildman–Crippen MR) is 83.2 cm³/mol. The van der Waals surface area contributed by atoms with Crippen molar-refractivity contribution in [2.45, 2.75) is 19.5 Å². The van der Waals surface area contributed by atoms with Crippen LogP contribution in [-0.2, 0) is 11.2 Å². The first-order chi connectivity index (χ1) is 11.3. The van der Waals surface area contributed by atoms with Gasteiger partial charge in [0, 0.05) is 24.2 Å². The van der Waals surface area contributed by atoms with E-state index in [4.69, 9.17) is 9.84 Å². The summed E-state index contributed by atoms with van der Waals surface area (Å²) in [4.78, 5) is 10.9. The van der Waals surface area contributed by atoms with Crippen LogP contribution in [0.4, 0.5) is 8.78 Å². The van der Waals surface area contributed by atoms with Crippen LogP contribution >= 0.6 is 0 Å². The van der Waals surface area contributed by atoms with Gasteiger partial charge in [-0.25, -0.2) is 4.52 Å². The number of hydrogen-bond donors (Lipinski definition) is 1. The van der Waals surface area contributed by atoms with Gasteiger partial charge in [0.15, 0.2) is 0 Å². The smallest absolute Gasteiger partial charge is 0.394 e. The van der Waals surface area contributed by atoms with Crippen molar-refractivity contribution in [3.8, 4) is 16.9 Å². The molecule has 0 radical (unpaired) electrons. The molecule has 0 atom stereocenters. The fraction of sp³-hybridized carbons (Fsp3) is 0.176. The SMILES string of the molecule is CC(F)(F)Oc1ccccc1-c1ccn2ncc(CC(=O)O)c2c1. The van der Waals surface area contributed by atoms with E-state index < -0.39 is 12.1 Å². The van der Waals surface area contributed by atoms with Crippen molar-refractivity contribution in [1.82, 2.24) is 9.61 Å². The Balaban J connectivity index is 2.08. The Kier molecular flexibility index (Phi) is 3.92. The lowest BCUT2D eigenvalue weighted by Crippen LogP contribution is -2.19. The van der Waals surface area contributed by atoms with Crippen LogP contribution in [-0.4, -0.2) is 26.8 Å². The Morgan fingerprint density at radius 3 is 2.79 bits per heavy atom. The van der Waals surface area contributed by atoms with E-state index in [1.54, 1.807) is 41.0 Å². The third-order valence-electron chi connectivity index (χ3n) is 3.43. The number of rotatable bonds is 5. The first-order valence-electron chi connectivity index (χ1n) is 7.18. The van der Waals surface area contributed by atoms with Crippen LogP contribution in [0.15, 0.2) is 48.8 Å². The maximum Gasteiger partial charge on any atom is 0.394 e. The molecule has 0 unspecified atom stereocenters. The predicted octanol–water partition coefficient (Wildman–Crippen LogP) is 3.62. The highest BCUT2D eigenvalue weighted by molar-refractivity contribution is 5.78. The van der Waals surface area contributed by atoms with E-state index in [0.717, 1.165) is 0 Å². The fourth-order valence-corrected chi connectivity index (χ4v) is 2.49. The largest absolute Gasteiger partial charge is 0.481 e. The standard InChI is InChI=1S/C17H14F2N2O3/c1-17(18,19)24-15-5-3-2-4-13(15)11-6-7-21-14(8-11)12(10-20-21)9-16(22)23/h2-8,10H,9H2,1H3,(H,22,23). The van der Waals surface area contributed by atoms with E-state index in [0.29, 0.717) is 29.1 Å². The average Bonchev–Trinajstić information content (AvgIpc) is 2.88. The summed E-state index contributed by atoms with van der Waals surface area (Å²) in [7, 11) is 0.